The van der Waals surface area contributed by atoms with Gasteiger partial charge in [0.1, 0.15) is 10.8 Å². The topological polar surface area (TPSA) is 96.4 Å². The first kappa shape index (κ1) is 19.4. The van der Waals surface area contributed by atoms with Crippen LogP contribution in [-0.2, 0) is 4.79 Å². The summed E-state index contributed by atoms with van der Waals surface area (Å²) in [6.07, 6.45) is 0.171. The highest BCUT2D eigenvalue weighted by Gasteiger charge is 2.10. The van der Waals surface area contributed by atoms with Crippen LogP contribution in [0.1, 0.15) is 20.3 Å². The Morgan fingerprint density at radius 2 is 2.12 bits per heavy atom. The molecule has 0 aliphatic heterocycles. The van der Waals surface area contributed by atoms with Gasteiger partial charge in [-0.25, -0.2) is 0 Å². The molecule has 136 valence electrons. The van der Waals surface area contributed by atoms with Crippen molar-refractivity contribution in [2.24, 2.45) is 0 Å². The van der Waals surface area contributed by atoms with Gasteiger partial charge in [0.25, 0.3) is 0 Å². The van der Waals surface area contributed by atoms with Gasteiger partial charge in [0.2, 0.25) is 5.13 Å². The summed E-state index contributed by atoms with van der Waals surface area (Å²) in [6, 6.07) is 5.55. The molecule has 7 nitrogen and oxygen atoms in total. The van der Waals surface area contributed by atoms with Gasteiger partial charge in [-0.1, -0.05) is 22.9 Å². The van der Waals surface area contributed by atoms with Gasteiger partial charge in [-0.3, -0.25) is 4.79 Å². The van der Waals surface area contributed by atoms with Crippen LogP contribution in [0.4, 0.5) is 5.13 Å². The number of aliphatic carboxylic acids is 1. The molecule has 0 atom stereocenters. The van der Waals surface area contributed by atoms with Crippen LogP contribution in [0.25, 0.3) is 10.6 Å². The van der Waals surface area contributed by atoms with Crippen LogP contribution in [0.3, 0.4) is 0 Å². The van der Waals surface area contributed by atoms with Gasteiger partial charge in [0, 0.05) is 25.2 Å². The van der Waals surface area contributed by atoms with Crippen molar-refractivity contribution >= 4 is 34.0 Å². The molecule has 1 heterocycles. The molecule has 0 radical (unpaired) electrons. The lowest BCUT2D eigenvalue weighted by atomic mass is 10.2. The van der Waals surface area contributed by atoms with E-state index in [0.717, 1.165) is 10.6 Å². The summed E-state index contributed by atoms with van der Waals surface area (Å²) in [5.74, 6) is -0.159. The minimum atomic E-state index is -0.808. The third-order valence-corrected chi connectivity index (χ3v) is 4.29. The average Bonchev–Trinajstić information content (AvgIpc) is 3.01. The van der Waals surface area contributed by atoms with Crippen molar-refractivity contribution in [3.8, 4) is 16.3 Å². The number of nitrogens with one attached hydrogen (secondary N) is 2. The van der Waals surface area contributed by atoms with E-state index in [2.05, 4.69) is 20.8 Å². The fourth-order valence-corrected chi connectivity index (χ4v) is 2.96. The Bertz CT molecular complexity index is 708. The minimum absolute atomic E-state index is 0.0600. The highest BCUT2D eigenvalue weighted by molar-refractivity contribution is 7.18. The lowest BCUT2D eigenvalue weighted by Gasteiger charge is -2.11. The molecule has 9 heteroatoms. The molecular weight excluding hydrogens is 364 g/mol. The van der Waals surface area contributed by atoms with Gasteiger partial charge in [0.15, 0.2) is 0 Å². The standard InChI is InChI=1S/C16H21ClN4O3S/c1-10(2)24-13-4-3-11(9-12(13)17)15-20-21-16(25-15)19-8-7-18-6-5-14(22)23/h3-4,9-10,18H,5-8H2,1-2H3,(H,19,21)(H,22,23). The molecule has 0 saturated heterocycles. The summed E-state index contributed by atoms with van der Waals surface area (Å²) in [7, 11) is 0. The van der Waals surface area contributed by atoms with Gasteiger partial charge >= 0.3 is 5.97 Å². The molecule has 0 bridgehead atoms. The van der Waals surface area contributed by atoms with Crippen molar-refractivity contribution in [1.29, 1.82) is 0 Å². The summed E-state index contributed by atoms with van der Waals surface area (Å²) in [4.78, 5) is 10.4. The highest BCUT2D eigenvalue weighted by atomic mass is 35.5. The summed E-state index contributed by atoms with van der Waals surface area (Å²) in [6.45, 7) is 5.63. The van der Waals surface area contributed by atoms with Crippen LogP contribution in [-0.4, -0.2) is 47.0 Å². The van der Waals surface area contributed by atoms with Crippen LogP contribution in [0, 0.1) is 0 Å². The molecule has 0 unspecified atom stereocenters. The monoisotopic (exact) mass is 384 g/mol. The number of carboxylic acid groups (broad SMARTS) is 1. The van der Waals surface area contributed by atoms with Gasteiger partial charge < -0.3 is 20.5 Å². The quantitative estimate of drug-likeness (QED) is 0.541. The largest absolute Gasteiger partial charge is 0.489 e. The average molecular weight is 385 g/mol. The van der Waals surface area contributed by atoms with Gasteiger partial charge in [-0.15, -0.1) is 10.2 Å². The van der Waals surface area contributed by atoms with E-state index in [-0.39, 0.29) is 12.5 Å². The third kappa shape index (κ3) is 6.49. The number of hydrogen-bond acceptors (Lipinski definition) is 7. The van der Waals surface area contributed by atoms with Crippen LogP contribution in [0.2, 0.25) is 5.02 Å². The normalized spacial score (nSPS) is 10.9. The molecule has 0 saturated carbocycles. The number of anilines is 1. The van der Waals surface area contributed by atoms with Gasteiger partial charge in [-0.05, 0) is 32.0 Å². The van der Waals surface area contributed by atoms with E-state index in [1.54, 1.807) is 0 Å². The molecule has 3 N–H and O–H groups in total. The molecule has 0 spiro atoms. The zero-order chi connectivity index (χ0) is 18.2. The van der Waals surface area contributed by atoms with Gasteiger partial charge in [-0.2, -0.15) is 0 Å². The van der Waals surface area contributed by atoms with E-state index in [9.17, 15) is 4.79 Å². The summed E-state index contributed by atoms with van der Waals surface area (Å²) in [5.41, 5.74) is 0.881. The molecule has 0 aliphatic rings. The highest BCUT2D eigenvalue weighted by Crippen LogP contribution is 2.33. The Morgan fingerprint density at radius 3 is 2.80 bits per heavy atom. The van der Waals surface area contributed by atoms with Gasteiger partial charge in [0.05, 0.1) is 17.5 Å². The Hall–Kier alpha value is -1.90. The molecule has 2 aromatic rings. The molecule has 0 aliphatic carbocycles. The number of rotatable bonds is 10. The van der Waals surface area contributed by atoms with Crippen LogP contribution in [0.15, 0.2) is 18.2 Å². The molecular formula is C16H21ClN4O3S. The number of carboxylic acids is 1. The van der Waals surface area contributed by atoms with Crippen molar-refractivity contribution in [2.45, 2.75) is 26.4 Å². The maximum absolute atomic E-state index is 10.4. The molecule has 25 heavy (non-hydrogen) atoms. The van der Waals surface area contributed by atoms with E-state index in [0.29, 0.717) is 35.5 Å². The number of benzene rings is 1. The van der Waals surface area contributed by atoms with E-state index in [1.807, 2.05) is 32.0 Å². The Balaban J connectivity index is 1.86. The summed E-state index contributed by atoms with van der Waals surface area (Å²) in [5, 5.41) is 25.0. The van der Waals surface area contributed by atoms with Crippen molar-refractivity contribution in [3.63, 3.8) is 0 Å². The van der Waals surface area contributed by atoms with E-state index in [4.69, 9.17) is 21.4 Å². The summed E-state index contributed by atoms with van der Waals surface area (Å²) >= 11 is 7.68. The third-order valence-electron chi connectivity index (χ3n) is 3.06. The Morgan fingerprint density at radius 1 is 1.32 bits per heavy atom. The van der Waals surface area contributed by atoms with Crippen LogP contribution >= 0.6 is 22.9 Å². The second kappa shape index (κ2) is 9.55. The predicted octanol–water partition coefficient (Wildman–Crippen LogP) is 3.12. The molecule has 1 aromatic carbocycles. The van der Waals surface area contributed by atoms with E-state index >= 15 is 0 Å². The Kier molecular flexibility index (Phi) is 7.42. The number of halogens is 1. The lowest BCUT2D eigenvalue weighted by molar-refractivity contribution is -0.136. The molecule has 1 aromatic heterocycles. The van der Waals surface area contributed by atoms with E-state index < -0.39 is 5.97 Å². The maximum atomic E-state index is 10.4. The van der Waals surface area contributed by atoms with E-state index in [1.165, 1.54) is 11.3 Å². The number of carbonyl (C=O) groups is 1. The van der Waals surface area contributed by atoms with Crippen molar-refractivity contribution in [1.82, 2.24) is 15.5 Å². The molecule has 0 fully saturated rings. The zero-order valence-electron chi connectivity index (χ0n) is 14.1. The summed E-state index contributed by atoms with van der Waals surface area (Å²) < 4.78 is 5.62. The lowest BCUT2D eigenvalue weighted by Crippen LogP contribution is -2.24. The number of ether oxygens (including phenoxy) is 1. The Labute approximate surface area is 155 Å². The zero-order valence-corrected chi connectivity index (χ0v) is 15.7. The number of aromatic nitrogens is 2. The van der Waals surface area contributed by atoms with Crippen LogP contribution in [0.5, 0.6) is 5.75 Å². The van der Waals surface area contributed by atoms with Crippen molar-refractivity contribution < 1.29 is 14.6 Å². The molecule has 0 amide bonds. The second-order valence-corrected chi connectivity index (χ2v) is 6.93. The SMILES string of the molecule is CC(C)Oc1ccc(-c2nnc(NCCNCCC(=O)O)s2)cc1Cl. The first-order valence-corrected chi connectivity index (χ1v) is 9.11. The van der Waals surface area contributed by atoms with Crippen molar-refractivity contribution in [2.75, 3.05) is 25.0 Å². The molecule has 2 rings (SSSR count). The maximum Gasteiger partial charge on any atom is 0.304 e. The van der Waals surface area contributed by atoms with Crippen molar-refractivity contribution in [3.05, 3.63) is 23.2 Å². The number of hydrogen-bond donors (Lipinski definition) is 3. The van der Waals surface area contributed by atoms with Crippen LogP contribution < -0.4 is 15.4 Å². The number of nitrogens with zero attached hydrogens (tertiary/aromatic N) is 2. The fraction of sp³-hybridized carbons (Fsp3) is 0.438. The fourth-order valence-electron chi connectivity index (χ4n) is 1.97. The first-order chi connectivity index (χ1) is 12.0. The predicted molar refractivity (Wildman–Crippen MR) is 99.7 cm³/mol. The first-order valence-electron chi connectivity index (χ1n) is 7.92. The smallest absolute Gasteiger partial charge is 0.304 e. The minimum Gasteiger partial charge on any atom is -0.489 e. The second-order valence-electron chi connectivity index (χ2n) is 5.54.